The Hall–Kier alpha value is -3.69. The number of hydrogen-bond acceptors (Lipinski definition) is 5. The minimum absolute atomic E-state index is 0.0395. The van der Waals surface area contributed by atoms with Gasteiger partial charge in [0.15, 0.2) is 0 Å². The van der Waals surface area contributed by atoms with Crippen LogP contribution in [0.2, 0.25) is 5.02 Å². The summed E-state index contributed by atoms with van der Waals surface area (Å²) in [6.07, 6.45) is 0.592. The van der Waals surface area contributed by atoms with Crippen molar-refractivity contribution in [1.82, 2.24) is 14.5 Å². The second-order valence-corrected chi connectivity index (χ2v) is 9.70. The molecule has 0 atom stereocenters. The molecule has 0 saturated heterocycles. The predicted octanol–water partition coefficient (Wildman–Crippen LogP) is 3.57. The number of fused-ring (bicyclic) bond motifs is 1. The van der Waals surface area contributed by atoms with E-state index in [-0.39, 0.29) is 25.4 Å². The van der Waals surface area contributed by atoms with Gasteiger partial charge >= 0.3 is 5.69 Å². The highest BCUT2D eigenvalue weighted by Gasteiger charge is 2.17. The minimum atomic E-state index is -0.626. The molecule has 186 valence electrons. The number of aryl methyl sites for hydroxylation is 1. The van der Waals surface area contributed by atoms with Crippen molar-refractivity contribution in [2.45, 2.75) is 32.9 Å². The number of halogens is 1. The normalized spacial score (nSPS) is 10.9. The molecule has 0 fully saturated rings. The van der Waals surface area contributed by atoms with Crippen molar-refractivity contribution in [3.8, 4) is 0 Å². The van der Waals surface area contributed by atoms with E-state index in [2.05, 4.69) is 10.6 Å². The lowest BCUT2D eigenvalue weighted by atomic mass is 10.1. The molecule has 0 aliphatic heterocycles. The Bertz CT molecular complexity index is 1500. The molecule has 2 aromatic carbocycles. The van der Waals surface area contributed by atoms with Gasteiger partial charge in [-0.1, -0.05) is 41.4 Å². The first-order valence-electron chi connectivity index (χ1n) is 11.4. The Morgan fingerprint density at radius 1 is 0.944 bits per heavy atom. The summed E-state index contributed by atoms with van der Waals surface area (Å²) in [6, 6.07) is 16.3. The standard InChI is InChI=1S/C26H25ClN4O4S/c1-17-2-8-20(9-3-17)29-23(33)16-31-21-12-15-36-24(21)25(34)30(26(31)35)14-11-22(32)28-13-10-18-4-6-19(27)7-5-18/h2-9,12,15H,10-11,13-14,16H2,1H3,(H,28,32)(H,29,33). The number of rotatable bonds is 9. The molecule has 4 aromatic rings. The summed E-state index contributed by atoms with van der Waals surface area (Å²) in [5, 5.41) is 7.93. The fraction of sp³-hybridized carbons (Fsp3) is 0.231. The lowest BCUT2D eigenvalue weighted by Gasteiger charge is -2.13. The smallest absolute Gasteiger partial charge is 0.332 e. The van der Waals surface area contributed by atoms with Gasteiger partial charge in [-0.2, -0.15) is 0 Å². The van der Waals surface area contributed by atoms with Crippen molar-refractivity contribution >= 4 is 50.7 Å². The van der Waals surface area contributed by atoms with Gasteiger partial charge in [-0.25, -0.2) is 4.79 Å². The van der Waals surface area contributed by atoms with Gasteiger partial charge in [-0.3, -0.25) is 23.5 Å². The van der Waals surface area contributed by atoms with Crippen LogP contribution >= 0.6 is 22.9 Å². The Balaban J connectivity index is 1.44. The molecule has 2 N–H and O–H groups in total. The molecule has 0 radical (unpaired) electrons. The van der Waals surface area contributed by atoms with E-state index >= 15 is 0 Å². The lowest BCUT2D eigenvalue weighted by Crippen LogP contribution is -2.42. The van der Waals surface area contributed by atoms with Crippen molar-refractivity contribution in [2.75, 3.05) is 11.9 Å². The zero-order valence-corrected chi connectivity index (χ0v) is 21.2. The van der Waals surface area contributed by atoms with Crippen LogP contribution in [-0.4, -0.2) is 27.5 Å². The van der Waals surface area contributed by atoms with E-state index in [0.29, 0.717) is 33.9 Å². The molecule has 0 spiro atoms. The van der Waals surface area contributed by atoms with Crippen LogP contribution in [0.25, 0.3) is 10.2 Å². The molecule has 36 heavy (non-hydrogen) atoms. The minimum Gasteiger partial charge on any atom is -0.356 e. The van der Waals surface area contributed by atoms with Crippen molar-refractivity contribution < 1.29 is 9.59 Å². The van der Waals surface area contributed by atoms with Crippen LogP contribution in [0.3, 0.4) is 0 Å². The van der Waals surface area contributed by atoms with E-state index in [0.717, 1.165) is 15.7 Å². The molecular formula is C26H25ClN4O4S. The fourth-order valence-electron chi connectivity index (χ4n) is 3.76. The van der Waals surface area contributed by atoms with Crippen molar-refractivity contribution in [1.29, 1.82) is 0 Å². The highest BCUT2D eigenvalue weighted by atomic mass is 35.5. The van der Waals surface area contributed by atoms with Gasteiger partial charge in [0, 0.05) is 30.2 Å². The molecule has 10 heteroatoms. The summed E-state index contributed by atoms with van der Waals surface area (Å²) in [7, 11) is 0. The number of anilines is 1. The predicted molar refractivity (Wildman–Crippen MR) is 143 cm³/mol. The van der Waals surface area contributed by atoms with Gasteiger partial charge in [0.2, 0.25) is 11.8 Å². The topological polar surface area (TPSA) is 102 Å². The van der Waals surface area contributed by atoms with Gasteiger partial charge in [0.1, 0.15) is 11.2 Å². The summed E-state index contributed by atoms with van der Waals surface area (Å²) in [5.41, 5.74) is 2.02. The molecule has 0 aliphatic carbocycles. The van der Waals surface area contributed by atoms with Crippen LogP contribution < -0.4 is 21.9 Å². The van der Waals surface area contributed by atoms with Gasteiger partial charge in [-0.15, -0.1) is 11.3 Å². The van der Waals surface area contributed by atoms with E-state index < -0.39 is 17.2 Å². The number of thiophene rings is 1. The zero-order valence-electron chi connectivity index (χ0n) is 19.6. The van der Waals surface area contributed by atoms with Crippen LogP contribution in [0, 0.1) is 6.92 Å². The Morgan fingerprint density at radius 3 is 2.39 bits per heavy atom. The summed E-state index contributed by atoms with van der Waals surface area (Å²) in [4.78, 5) is 51.2. The summed E-state index contributed by atoms with van der Waals surface area (Å²) in [5.74, 6) is -0.663. The van der Waals surface area contributed by atoms with E-state index in [1.165, 1.54) is 15.9 Å². The number of carbonyl (C=O) groups excluding carboxylic acids is 2. The SMILES string of the molecule is Cc1ccc(NC(=O)Cn2c(=O)n(CCC(=O)NCCc3ccc(Cl)cc3)c(=O)c3sccc32)cc1. The highest BCUT2D eigenvalue weighted by molar-refractivity contribution is 7.17. The van der Waals surface area contributed by atoms with Crippen LogP contribution in [0.1, 0.15) is 17.5 Å². The second-order valence-electron chi connectivity index (χ2n) is 8.35. The molecule has 8 nitrogen and oxygen atoms in total. The Labute approximate surface area is 216 Å². The average Bonchev–Trinajstić information content (AvgIpc) is 3.35. The number of amides is 2. The summed E-state index contributed by atoms with van der Waals surface area (Å²) < 4.78 is 2.66. The largest absolute Gasteiger partial charge is 0.356 e. The van der Waals surface area contributed by atoms with E-state index in [1.54, 1.807) is 35.7 Å². The first-order chi connectivity index (χ1) is 17.3. The van der Waals surface area contributed by atoms with Crippen LogP contribution in [-0.2, 0) is 29.1 Å². The first-order valence-corrected chi connectivity index (χ1v) is 12.7. The number of nitrogens with one attached hydrogen (secondary N) is 2. The van der Waals surface area contributed by atoms with E-state index in [9.17, 15) is 19.2 Å². The molecule has 2 amide bonds. The summed E-state index contributed by atoms with van der Waals surface area (Å²) >= 11 is 7.08. The Morgan fingerprint density at radius 2 is 1.67 bits per heavy atom. The third-order valence-corrected chi connectivity index (χ3v) is 6.83. The monoisotopic (exact) mass is 524 g/mol. The van der Waals surface area contributed by atoms with Gasteiger partial charge in [-0.05, 0) is 54.6 Å². The van der Waals surface area contributed by atoms with E-state index in [1.807, 2.05) is 31.2 Å². The maximum absolute atomic E-state index is 13.2. The quantitative estimate of drug-likeness (QED) is 0.349. The number of nitrogens with zero attached hydrogens (tertiary/aromatic N) is 2. The number of hydrogen-bond donors (Lipinski definition) is 2. The number of aromatic nitrogens is 2. The molecular weight excluding hydrogens is 500 g/mol. The highest BCUT2D eigenvalue weighted by Crippen LogP contribution is 2.16. The van der Waals surface area contributed by atoms with E-state index in [4.69, 9.17) is 11.6 Å². The number of benzene rings is 2. The maximum Gasteiger partial charge on any atom is 0.332 e. The third-order valence-electron chi connectivity index (χ3n) is 5.69. The van der Waals surface area contributed by atoms with Crippen molar-refractivity contribution in [3.63, 3.8) is 0 Å². The number of carbonyl (C=O) groups is 2. The maximum atomic E-state index is 13.2. The molecule has 2 heterocycles. The first kappa shape index (κ1) is 25.4. The third kappa shape index (κ3) is 6.10. The van der Waals surface area contributed by atoms with Gasteiger partial charge in [0.05, 0.1) is 5.52 Å². The van der Waals surface area contributed by atoms with Crippen LogP contribution in [0.15, 0.2) is 69.6 Å². The molecule has 0 unspecified atom stereocenters. The Kier molecular flexibility index (Phi) is 8.02. The molecule has 0 bridgehead atoms. The molecule has 0 aliphatic rings. The second kappa shape index (κ2) is 11.4. The van der Waals surface area contributed by atoms with Crippen molar-refractivity contribution in [3.05, 3.63) is 97.0 Å². The summed E-state index contributed by atoms with van der Waals surface area (Å²) in [6.45, 7) is 2.02. The molecule has 0 saturated carbocycles. The van der Waals surface area contributed by atoms with Crippen molar-refractivity contribution in [2.24, 2.45) is 0 Å². The molecule has 4 rings (SSSR count). The zero-order chi connectivity index (χ0) is 25.7. The lowest BCUT2D eigenvalue weighted by molar-refractivity contribution is -0.121. The molecule has 2 aromatic heterocycles. The van der Waals surface area contributed by atoms with Crippen LogP contribution in [0.4, 0.5) is 5.69 Å². The fourth-order valence-corrected chi connectivity index (χ4v) is 4.73. The van der Waals surface area contributed by atoms with Gasteiger partial charge < -0.3 is 10.6 Å². The van der Waals surface area contributed by atoms with Gasteiger partial charge in [0.25, 0.3) is 5.56 Å². The average molecular weight is 525 g/mol. The van der Waals surface area contributed by atoms with Crippen LogP contribution in [0.5, 0.6) is 0 Å².